The number of imidazole rings is 1. The zero-order chi connectivity index (χ0) is 27.5. The van der Waals surface area contributed by atoms with E-state index >= 15 is 0 Å². The van der Waals surface area contributed by atoms with Crippen LogP contribution < -0.4 is 5.32 Å². The number of nitrogens with zero attached hydrogens (tertiary/aromatic N) is 4. The van der Waals surface area contributed by atoms with Gasteiger partial charge in [0.2, 0.25) is 5.91 Å². The first kappa shape index (κ1) is 26.8. The lowest BCUT2D eigenvalue weighted by Gasteiger charge is -2.38. The summed E-state index contributed by atoms with van der Waals surface area (Å²) in [5.41, 5.74) is 2.81. The van der Waals surface area contributed by atoms with Crippen LogP contribution >= 0.6 is 11.6 Å². The quantitative estimate of drug-likeness (QED) is 0.402. The molecule has 2 unspecified atom stereocenters. The number of nitrogens with one attached hydrogen (secondary N) is 1. The molecule has 5 rings (SSSR count). The van der Waals surface area contributed by atoms with Crippen LogP contribution in [-0.4, -0.2) is 55.9 Å². The smallest absolute Gasteiger partial charge is 0.247 e. The highest BCUT2D eigenvalue weighted by Gasteiger charge is 2.35. The van der Waals surface area contributed by atoms with Gasteiger partial charge >= 0.3 is 0 Å². The number of hydrogen-bond donors (Lipinski definition) is 3. The second-order valence-electron chi connectivity index (χ2n) is 9.97. The summed E-state index contributed by atoms with van der Waals surface area (Å²) in [6.07, 6.45) is 10.5. The molecule has 1 amide bonds. The van der Waals surface area contributed by atoms with E-state index in [1.54, 1.807) is 60.0 Å². The first-order valence-electron chi connectivity index (χ1n) is 12.9. The third-order valence-electron chi connectivity index (χ3n) is 7.46. The van der Waals surface area contributed by atoms with Gasteiger partial charge in [-0.1, -0.05) is 11.6 Å². The Hall–Kier alpha value is -3.84. The van der Waals surface area contributed by atoms with Crippen molar-refractivity contribution < 1.29 is 19.7 Å². The Morgan fingerprint density at radius 1 is 1.26 bits per heavy atom. The second kappa shape index (κ2) is 11.5. The molecule has 1 aliphatic heterocycles. The van der Waals surface area contributed by atoms with Gasteiger partial charge in [0.1, 0.15) is 23.7 Å². The third kappa shape index (κ3) is 5.78. The summed E-state index contributed by atoms with van der Waals surface area (Å²) in [5.74, 6) is 0.329. The van der Waals surface area contributed by atoms with Crippen molar-refractivity contribution in [3.8, 4) is 6.07 Å². The molecule has 1 saturated carbocycles. The molecule has 1 fully saturated rings. The van der Waals surface area contributed by atoms with Crippen LogP contribution in [0.2, 0.25) is 5.02 Å². The fraction of sp³-hybridized carbons (Fsp3) is 0.345. The number of carbonyl (C=O) groups is 1. The molecule has 2 aromatic heterocycles. The van der Waals surface area contributed by atoms with E-state index < -0.39 is 12.3 Å². The lowest BCUT2D eigenvalue weighted by Crippen LogP contribution is -2.48. The van der Waals surface area contributed by atoms with E-state index in [0.717, 1.165) is 18.5 Å². The molecular formula is C29H30ClN5O4. The molecule has 1 aromatic carbocycles. The van der Waals surface area contributed by atoms with Gasteiger partial charge in [-0.15, -0.1) is 0 Å². The zero-order valence-electron chi connectivity index (χ0n) is 21.5. The number of ether oxygens (including phenoxy) is 1. The van der Waals surface area contributed by atoms with Gasteiger partial charge in [0.15, 0.2) is 0 Å². The molecule has 2 atom stereocenters. The minimum absolute atomic E-state index is 0.204. The van der Waals surface area contributed by atoms with E-state index in [0.29, 0.717) is 52.4 Å². The van der Waals surface area contributed by atoms with Crippen LogP contribution in [0.4, 0.5) is 5.69 Å². The van der Waals surface area contributed by atoms with Gasteiger partial charge in [-0.25, -0.2) is 4.98 Å². The number of pyridine rings is 1. The fourth-order valence-corrected chi connectivity index (χ4v) is 5.55. The van der Waals surface area contributed by atoms with Crippen LogP contribution in [0.15, 0.2) is 67.0 Å². The number of benzene rings is 1. The van der Waals surface area contributed by atoms with E-state index in [1.807, 2.05) is 10.5 Å². The lowest BCUT2D eigenvalue weighted by atomic mass is 9.82. The second-order valence-corrected chi connectivity index (χ2v) is 10.4. The van der Waals surface area contributed by atoms with E-state index in [4.69, 9.17) is 16.3 Å². The highest BCUT2D eigenvalue weighted by Crippen LogP contribution is 2.36. The summed E-state index contributed by atoms with van der Waals surface area (Å²) in [7, 11) is 1.50. The van der Waals surface area contributed by atoms with Gasteiger partial charge in [-0.2, -0.15) is 5.26 Å². The number of amides is 1. The summed E-state index contributed by atoms with van der Waals surface area (Å²) in [6.45, 7) is 0. The highest BCUT2D eigenvalue weighted by atomic mass is 35.5. The summed E-state index contributed by atoms with van der Waals surface area (Å²) in [5, 5.41) is 34.4. The number of halogens is 1. The number of rotatable bonds is 7. The lowest BCUT2D eigenvalue weighted by molar-refractivity contribution is -0.124. The Balaban J connectivity index is 1.46. The van der Waals surface area contributed by atoms with Crippen LogP contribution in [0.25, 0.3) is 11.2 Å². The first-order chi connectivity index (χ1) is 18.9. The number of aliphatic hydroxyl groups is 2. The molecule has 3 N–H and O–H groups in total. The SMILES string of the molecule is COC1=CN(C(CC2CCC(O)CC2)C(=O)Nc2ccc3nccn3c2)C(O)C=C1c1cc(Cl)ccc1C#N. The molecule has 202 valence electrons. The van der Waals surface area contributed by atoms with Gasteiger partial charge in [-0.05, 0) is 74.4 Å². The number of allylic oxidation sites excluding steroid dienone is 1. The maximum Gasteiger partial charge on any atom is 0.247 e. The van der Waals surface area contributed by atoms with Crippen molar-refractivity contribution in [1.29, 1.82) is 5.26 Å². The van der Waals surface area contributed by atoms with Crippen molar-refractivity contribution in [3.63, 3.8) is 0 Å². The van der Waals surface area contributed by atoms with Crippen molar-refractivity contribution >= 4 is 34.4 Å². The number of methoxy groups -OCH3 is 1. The van der Waals surface area contributed by atoms with Crippen LogP contribution in [0, 0.1) is 17.2 Å². The molecule has 9 nitrogen and oxygen atoms in total. The van der Waals surface area contributed by atoms with Crippen molar-refractivity contribution in [2.24, 2.45) is 5.92 Å². The summed E-state index contributed by atoms with van der Waals surface area (Å²) >= 11 is 6.22. The first-order valence-corrected chi connectivity index (χ1v) is 13.3. The molecule has 3 aromatic rings. The maximum atomic E-state index is 13.8. The molecule has 39 heavy (non-hydrogen) atoms. The number of hydrogen-bond acceptors (Lipinski definition) is 7. The Kier molecular flexibility index (Phi) is 7.89. The predicted octanol–water partition coefficient (Wildman–Crippen LogP) is 4.31. The van der Waals surface area contributed by atoms with Crippen molar-refractivity contribution in [2.75, 3.05) is 12.4 Å². The molecule has 2 aliphatic rings. The van der Waals surface area contributed by atoms with Crippen molar-refractivity contribution in [2.45, 2.75) is 50.5 Å². The molecule has 10 heteroatoms. The van der Waals surface area contributed by atoms with Gasteiger partial charge in [-0.3, -0.25) is 4.79 Å². The van der Waals surface area contributed by atoms with Crippen molar-refractivity contribution in [1.82, 2.24) is 14.3 Å². The summed E-state index contributed by atoms with van der Waals surface area (Å²) in [4.78, 5) is 19.6. The van der Waals surface area contributed by atoms with E-state index in [9.17, 15) is 20.3 Å². The van der Waals surface area contributed by atoms with Crippen molar-refractivity contribution in [3.05, 3.63) is 83.1 Å². The average Bonchev–Trinajstić information content (AvgIpc) is 3.41. The topological polar surface area (TPSA) is 123 Å². The molecule has 1 aliphatic carbocycles. The molecule has 3 heterocycles. The Labute approximate surface area is 231 Å². The normalized spacial score (nSPS) is 22.0. The highest BCUT2D eigenvalue weighted by molar-refractivity contribution is 6.30. The van der Waals surface area contributed by atoms with Gasteiger partial charge < -0.3 is 29.6 Å². The minimum atomic E-state index is -1.16. The van der Waals surface area contributed by atoms with Crippen LogP contribution in [-0.2, 0) is 9.53 Å². The standard InChI is InChI=1S/C29H30ClN5O4/c1-39-26-17-35(28(37)14-24(26)23-13-20(30)5-4-19(23)15-31)25(12-18-2-7-22(36)8-3-18)29(38)33-21-6-9-27-32-10-11-34(27)16-21/h4-6,9-11,13-14,16-18,22,25,28,36-37H,2-3,7-8,12H2,1H3,(H,33,38). The van der Waals surface area contributed by atoms with Crippen LogP contribution in [0.1, 0.15) is 43.2 Å². The summed E-state index contributed by atoms with van der Waals surface area (Å²) in [6, 6.07) is 9.95. The molecular weight excluding hydrogens is 518 g/mol. The van der Waals surface area contributed by atoms with Gasteiger partial charge in [0, 0.05) is 40.9 Å². The number of aliphatic hydroxyl groups excluding tert-OH is 2. The van der Waals surface area contributed by atoms with Gasteiger partial charge in [0.25, 0.3) is 0 Å². The monoisotopic (exact) mass is 547 g/mol. The maximum absolute atomic E-state index is 13.8. The molecule has 0 bridgehead atoms. The largest absolute Gasteiger partial charge is 0.495 e. The average molecular weight is 548 g/mol. The Bertz CT molecular complexity index is 1470. The fourth-order valence-electron chi connectivity index (χ4n) is 5.37. The molecule has 0 saturated heterocycles. The predicted molar refractivity (Wildman–Crippen MR) is 147 cm³/mol. The molecule has 0 radical (unpaired) electrons. The number of aromatic nitrogens is 2. The number of fused-ring (bicyclic) bond motifs is 1. The summed E-state index contributed by atoms with van der Waals surface area (Å²) < 4.78 is 7.50. The number of nitriles is 1. The Morgan fingerprint density at radius 3 is 2.79 bits per heavy atom. The third-order valence-corrected chi connectivity index (χ3v) is 7.69. The van der Waals surface area contributed by atoms with Crippen LogP contribution in [0.5, 0.6) is 0 Å². The minimum Gasteiger partial charge on any atom is -0.495 e. The van der Waals surface area contributed by atoms with E-state index in [1.165, 1.54) is 7.11 Å². The van der Waals surface area contributed by atoms with Crippen LogP contribution in [0.3, 0.4) is 0 Å². The zero-order valence-corrected chi connectivity index (χ0v) is 22.3. The number of carbonyl (C=O) groups excluding carboxylic acids is 1. The molecule has 0 spiro atoms. The Morgan fingerprint density at radius 2 is 2.05 bits per heavy atom. The van der Waals surface area contributed by atoms with E-state index in [-0.39, 0.29) is 17.9 Å². The number of anilines is 1. The van der Waals surface area contributed by atoms with Gasteiger partial charge in [0.05, 0.1) is 30.5 Å². The van der Waals surface area contributed by atoms with E-state index in [2.05, 4.69) is 16.4 Å².